The van der Waals surface area contributed by atoms with E-state index in [0.717, 1.165) is 12.3 Å². The number of hydrogen-bond acceptors (Lipinski definition) is 6. The molecule has 104 valence electrons. The molecule has 0 radical (unpaired) electrons. The quantitative estimate of drug-likeness (QED) is 0.857. The molecule has 0 aliphatic carbocycles. The molecule has 0 bridgehead atoms. The summed E-state index contributed by atoms with van der Waals surface area (Å²) in [5, 5.41) is 3.94. The fraction of sp³-hybridized carbons (Fsp3) is 0.333. The summed E-state index contributed by atoms with van der Waals surface area (Å²) >= 11 is 2.76. The monoisotopic (exact) mass is 308 g/mol. The number of aliphatic imine (C=N–C) groups is 1. The van der Waals surface area contributed by atoms with Crippen molar-refractivity contribution in [1.29, 1.82) is 0 Å². The van der Waals surface area contributed by atoms with Crippen LogP contribution in [0.3, 0.4) is 0 Å². The third kappa shape index (κ3) is 2.14. The van der Waals surface area contributed by atoms with Crippen molar-refractivity contribution in [3.63, 3.8) is 0 Å². The summed E-state index contributed by atoms with van der Waals surface area (Å²) in [7, 11) is 1.65. The van der Waals surface area contributed by atoms with E-state index in [4.69, 9.17) is 0 Å². The zero-order valence-electron chi connectivity index (χ0n) is 11.0. The average Bonchev–Trinajstić information content (AvgIpc) is 3.02. The highest BCUT2D eigenvalue weighted by atomic mass is 32.2. The standard InChI is InChI=1S/C12H12N4O2S2/c1-6-7-10(14-5-16(2)11(7)18)20-8(6)9(17)15-12-13-3-4-19-12/h5H,3-4H2,1-2H3,(H,13,15,17). The summed E-state index contributed by atoms with van der Waals surface area (Å²) in [5.74, 6) is 0.670. The molecule has 1 N–H and O–H groups in total. The molecule has 3 heterocycles. The van der Waals surface area contributed by atoms with Crippen LogP contribution in [0.2, 0.25) is 0 Å². The number of fused-ring (bicyclic) bond motifs is 1. The zero-order chi connectivity index (χ0) is 14.3. The van der Waals surface area contributed by atoms with Gasteiger partial charge in [0.15, 0.2) is 5.17 Å². The van der Waals surface area contributed by atoms with Gasteiger partial charge in [-0.15, -0.1) is 11.3 Å². The van der Waals surface area contributed by atoms with E-state index in [1.54, 1.807) is 14.0 Å². The van der Waals surface area contributed by atoms with Crippen LogP contribution in [0, 0.1) is 6.92 Å². The number of hydrogen-bond donors (Lipinski definition) is 1. The third-order valence-corrected chi connectivity index (χ3v) is 5.11. The molecule has 0 atom stereocenters. The summed E-state index contributed by atoms with van der Waals surface area (Å²) in [6.07, 6.45) is 1.47. The molecule has 3 rings (SSSR count). The number of thiophene rings is 1. The number of aryl methyl sites for hydroxylation is 2. The van der Waals surface area contributed by atoms with Crippen LogP contribution in [0.4, 0.5) is 0 Å². The largest absolute Gasteiger partial charge is 0.302 e. The van der Waals surface area contributed by atoms with E-state index in [9.17, 15) is 9.59 Å². The van der Waals surface area contributed by atoms with Gasteiger partial charge >= 0.3 is 0 Å². The highest BCUT2D eigenvalue weighted by molar-refractivity contribution is 8.14. The van der Waals surface area contributed by atoms with Crippen LogP contribution < -0.4 is 10.9 Å². The van der Waals surface area contributed by atoms with Gasteiger partial charge in [-0.2, -0.15) is 0 Å². The smallest absolute Gasteiger partial charge is 0.267 e. The number of amides is 1. The lowest BCUT2D eigenvalue weighted by Crippen LogP contribution is -2.27. The van der Waals surface area contributed by atoms with Crippen LogP contribution in [0.1, 0.15) is 15.2 Å². The van der Waals surface area contributed by atoms with Crippen LogP contribution in [-0.4, -0.2) is 32.9 Å². The first kappa shape index (κ1) is 13.3. The highest BCUT2D eigenvalue weighted by Gasteiger charge is 2.20. The van der Waals surface area contributed by atoms with Crippen molar-refractivity contribution in [2.45, 2.75) is 6.92 Å². The Labute approximate surface area is 122 Å². The lowest BCUT2D eigenvalue weighted by atomic mass is 10.2. The molecule has 6 nitrogen and oxygen atoms in total. The Morgan fingerprint density at radius 3 is 3.00 bits per heavy atom. The number of carbonyl (C=O) groups is 1. The second-order valence-corrected chi connectivity index (χ2v) is 6.47. The number of nitrogens with one attached hydrogen (secondary N) is 1. The van der Waals surface area contributed by atoms with Gasteiger partial charge in [0, 0.05) is 12.8 Å². The second kappa shape index (κ2) is 5.02. The van der Waals surface area contributed by atoms with Crippen LogP contribution in [0.25, 0.3) is 10.2 Å². The van der Waals surface area contributed by atoms with Gasteiger partial charge in [-0.3, -0.25) is 14.6 Å². The first-order chi connectivity index (χ1) is 9.58. The first-order valence-electron chi connectivity index (χ1n) is 6.01. The minimum absolute atomic E-state index is 0.129. The van der Waals surface area contributed by atoms with Crippen molar-refractivity contribution in [2.75, 3.05) is 12.3 Å². The minimum atomic E-state index is -0.222. The van der Waals surface area contributed by atoms with E-state index in [-0.39, 0.29) is 11.5 Å². The van der Waals surface area contributed by atoms with Crippen LogP contribution in [0.15, 0.2) is 16.1 Å². The van der Waals surface area contributed by atoms with Gasteiger partial charge in [0.05, 0.1) is 23.1 Å². The first-order valence-corrected chi connectivity index (χ1v) is 7.81. The summed E-state index contributed by atoms with van der Waals surface area (Å²) in [6, 6.07) is 0. The van der Waals surface area contributed by atoms with Crippen molar-refractivity contribution in [3.05, 3.63) is 27.1 Å². The predicted molar refractivity (Wildman–Crippen MR) is 81.8 cm³/mol. The average molecular weight is 308 g/mol. The molecular formula is C12H12N4O2S2. The molecule has 0 saturated carbocycles. The van der Waals surface area contributed by atoms with E-state index in [1.807, 2.05) is 0 Å². The lowest BCUT2D eigenvalue weighted by Gasteiger charge is -2.02. The van der Waals surface area contributed by atoms with Gasteiger partial charge in [0.25, 0.3) is 11.5 Å². The SMILES string of the molecule is Cc1c(C(=O)NC2=NCCS2)sc2ncn(C)c(=O)c12. The maximum atomic E-state index is 12.3. The Balaban J connectivity index is 2.04. The van der Waals surface area contributed by atoms with Crippen molar-refractivity contribution in [3.8, 4) is 0 Å². The molecule has 1 amide bonds. The molecule has 2 aromatic rings. The van der Waals surface area contributed by atoms with Crippen LogP contribution in [-0.2, 0) is 7.05 Å². The molecule has 1 aliphatic heterocycles. The summed E-state index contributed by atoms with van der Waals surface area (Å²) in [6.45, 7) is 2.51. The number of thioether (sulfide) groups is 1. The number of nitrogens with zero attached hydrogens (tertiary/aromatic N) is 3. The Morgan fingerprint density at radius 1 is 1.50 bits per heavy atom. The van der Waals surface area contributed by atoms with Gasteiger partial charge < -0.3 is 9.88 Å². The maximum Gasteiger partial charge on any atom is 0.267 e. The van der Waals surface area contributed by atoms with Crippen molar-refractivity contribution in [2.24, 2.45) is 12.0 Å². The van der Waals surface area contributed by atoms with Gasteiger partial charge in [0.2, 0.25) is 0 Å². The van der Waals surface area contributed by atoms with Crippen LogP contribution >= 0.6 is 23.1 Å². The van der Waals surface area contributed by atoms with Gasteiger partial charge in [-0.1, -0.05) is 11.8 Å². The molecular weight excluding hydrogens is 296 g/mol. The Kier molecular flexibility index (Phi) is 3.35. The molecule has 0 aromatic carbocycles. The van der Waals surface area contributed by atoms with Crippen molar-refractivity contribution in [1.82, 2.24) is 14.9 Å². The number of amidine groups is 1. The molecule has 20 heavy (non-hydrogen) atoms. The molecule has 0 fully saturated rings. The summed E-state index contributed by atoms with van der Waals surface area (Å²) in [4.78, 5) is 33.9. The minimum Gasteiger partial charge on any atom is -0.302 e. The molecule has 1 aliphatic rings. The normalized spacial score (nSPS) is 14.6. The number of carbonyl (C=O) groups excluding carboxylic acids is 1. The fourth-order valence-electron chi connectivity index (χ4n) is 1.99. The van der Waals surface area contributed by atoms with Crippen molar-refractivity contribution >= 4 is 44.4 Å². The van der Waals surface area contributed by atoms with E-state index >= 15 is 0 Å². The Morgan fingerprint density at radius 2 is 2.30 bits per heavy atom. The fourth-order valence-corrected chi connectivity index (χ4v) is 3.75. The molecule has 2 aromatic heterocycles. The van der Waals surface area contributed by atoms with Gasteiger partial charge in [-0.05, 0) is 12.5 Å². The predicted octanol–water partition coefficient (Wildman–Crippen LogP) is 1.14. The molecule has 0 spiro atoms. The second-order valence-electron chi connectivity index (χ2n) is 4.39. The maximum absolute atomic E-state index is 12.3. The Hall–Kier alpha value is -1.67. The number of aromatic nitrogens is 2. The van der Waals surface area contributed by atoms with E-state index in [0.29, 0.717) is 25.8 Å². The van der Waals surface area contributed by atoms with E-state index < -0.39 is 0 Å². The van der Waals surface area contributed by atoms with Gasteiger partial charge in [0.1, 0.15) is 4.83 Å². The Bertz CT molecular complexity index is 791. The summed E-state index contributed by atoms with van der Waals surface area (Å²) < 4.78 is 1.42. The number of rotatable bonds is 1. The van der Waals surface area contributed by atoms with Crippen LogP contribution in [0.5, 0.6) is 0 Å². The third-order valence-electron chi connectivity index (χ3n) is 3.02. The van der Waals surface area contributed by atoms with E-state index in [1.165, 1.54) is 34.0 Å². The zero-order valence-corrected chi connectivity index (χ0v) is 12.6. The lowest BCUT2D eigenvalue weighted by molar-refractivity contribution is 0.0981. The topological polar surface area (TPSA) is 76.3 Å². The molecule has 0 unspecified atom stereocenters. The van der Waals surface area contributed by atoms with E-state index in [2.05, 4.69) is 15.3 Å². The molecule has 8 heteroatoms. The van der Waals surface area contributed by atoms with Crippen molar-refractivity contribution < 1.29 is 4.79 Å². The molecule has 0 saturated heterocycles. The van der Waals surface area contributed by atoms with Gasteiger partial charge in [-0.25, -0.2) is 4.98 Å². The summed E-state index contributed by atoms with van der Waals surface area (Å²) in [5.41, 5.74) is 0.551. The highest BCUT2D eigenvalue weighted by Crippen LogP contribution is 2.26.